The molecule has 7 heteroatoms. The van der Waals surface area contributed by atoms with Crippen LogP contribution in [-0.2, 0) is 11.8 Å². The van der Waals surface area contributed by atoms with Gasteiger partial charge < -0.3 is 18.8 Å². The topological polar surface area (TPSA) is 79.7 Å². The number of nitrogens with zero attached hydrogens (tertiary/aromatic N) is 2. The Labute approximate surface area is 155 Å². The molecule has 0 radical (unpaired) electrons. The summed E-state index contributed by atoms with van der Waals surface area (Å²) >= 11 is 0. The molecule has 2 heterocycles. The fourth-order valence-corrected chi connectivity index (χ4v) is 2.89. The van der Waals surface area contributed by atoms with Gasteiger partial charge in [0.1, 0.15) is 5.75 Å². The number of aromatic nitrogens is 2. The van der Waals surface area contributed by atoms with E-state index in [2.05, 4.69) is 11.6 Å². The van der Waals surface area contributed by atoms with Gasteiger partial charge in [-0.2, -0.15) is 0 Å². The number of carbonyl (C=O) groups is 1. The molecule has 138 valence electrons. The number of methoxy groups -OCH3 is 2. The summed E-state index contributed by atoms with van der Waals surface area (Å²) < 4.78 is 17.8. The SMILES string of the molecule is C=CC(=O)Oc1c(OC)ccc(OC)c1-c1cn(C)c(=O)c2cnccc12. The van der Waals surface area contributed by atoms with E-state index in [1.54, 1.807) is 37.6 Å². The quantitative estimate of drug-likeness (QED) is 0.392. The molecular weight excluding hydrogens is 348 g/mol. The van der Waals surface area contributed by atoms with E-state index in [1.807, 2.05) is 0 Å². The molecule has 0 N–H and O–H groups in total. The lowest BCUT2D eigenvalue weighted by atomic mass is 9.99. The van der Waals surface area contributed by atoms with Crippen LogP contribution in [0, 0.1) is 0 Å². The molecule has 27 heavy (non-hydrogen) atoms. The van der Waals surface area contributed by atoms with Crippen LogP contribution in [0.3, 0.4) is 0 Å². The number of hydrogen-bond donors (Lipinski definition) is 0. The molecule has 0 spiro atoms. The minimum Gasteiger partial charge on any atom is -0.496 e. The zero-order valence-corrected chi connectivity index (χ0v) is 15.2. The molecular formula is C20H18N2O5. The third-order valence-electron chi connectivity index (χ3n) is 4.15. The Bertz CT molecular complexity index is 1100. The lowest BCUT2D eigenvalue weighted by molar-refractivity contribution is -0.129. The van der Waals surface area contributed by atoms with Gasteiger partial charge in [0.05, 0.1) is 25.2 Å². The minimum atomic E-state index is -0.640. The Balaban J connectivity index is 2.45. The van der Waals surface area contributed by atoms with Crippen LogP contribution in [0.5, 0.6) is 17.2 Å². The minimum absolute atomic E-state index is 0.179. The molecule has 0 unspecified atom stereocenters. The first kappa shape index (κ1) is 18.2. The van der Waals surface area contributed by atoms with Crippen LogP contribution in [-0.4, -0.2) is 29.7 Å². The maximum absolute atomic E-state index is 12.5. The summed E-state index contributed by atoms with van der Waals surface area (Å²) in [4.78, 5) is 28.4. The van der Waals surface area contributed by atoms with Gasteiger partial charge in [0.2, 0.25) is 0 Å². The summed E-state index contributed by atoms with van der Waals surface area (Å²) in [6.45, 7) is 3.43. The van der Waals surface area contributed by atoms with Gasteiger partial charge in [0, 0.05) is 37.3 Å². The molecule has 0 aliphatic heterocycles. The second-order valence-corrected chi connectivity index (χ2v) is 5.68. The first-order valence-electron chi connectivity index (χ1n) is 8.04. The number of rotatable bonds is 5. The van der Waals surface area contributed by atoms with E-state index in [1.165, 1.54) is 25.0 Å². The molecule has 0 fully saturated rings. The highest BCUT2D eigenvalue weighted by molar-refractivity contribution is 6.00. The fourth-order valence-electron chi connectivity index (χ4n) is 2.89. The van der Waals surface area contributed by atoms with Crippen LogP contribution in [0.1, 0.15) is 0 Å². The van der Waals surface area contributed by atoms with E-state index >= 15 is 0 Å². The average molecular weight is 366 g/mol. The summed E-state index contributed by atoms with van der Waals surface area (Å²) in [6.07, 6.45) is 5.81. The van der Waals surface area contributed by atoms with Crippen LogP contribution in [0.4, 0.5) is 0 Å². The van der Waals surface area contributed by atoms with Crippen molar-refractivity contribution in [2.75, 3.05) is 14.2 Å². The number of ether oxygens (including phenoxy) is 3. The molecule has 1 aromatic carbocycles. The summed E-state index contributed by atoms with van der Waals surface area (Å²) in [6, 6.07) is 5.07. The number of fused-ring (bicyclic) bond motifs is 1. The summed E-state index contributed by atoms with van der Waals surface area (Å²) in [5.74, 6) is 0.341. The molecule has 0 saturated carbocycles. The van der Waals surface area contributed by atoms with E-state index in [4.69, 9.17) is 14.2 Å². The van der Waals surface area contributed by atoms with Gasteiger partial charge in [-0.15, -0.1) is 0 Å². The number of benzene rings is 1. The Kier molecular flexibility index (Phi) is 4.94. The predicted octanol–water partition coefficient (Wildman–Crippen LogP) is 2.71. The van der Waals surface area contributed by atoms with Crippen molar-refractivity contribution in [1.29, 1.82) is 0 Å². The lowest BCUT2D eigenvalue weighted by Crippen LogP contribution is -2.17. The van der Waals surface area contributed by atoms with Crippen molar-refractivity contribution in [3.05, 3.63) is 59.8 Å². The van der Waals surface area contributed by atoms with Crippen molar-refractivity contribution in [3.63, 3.8) is 0 Å². The third-order valence-corrected chi connectivity index (χ3v) is 4.15. The van der Waals surface area contributed by atoms with Crippen LogP contribution >= 0.6 is 0 Å². The van der Waals surface area contributed by atoms with Crippen LogP contribution in [0.25, 0.3) is 21.9 Å². The zero-order valence-electron chi connectivity index (χ0n) is 15.2. The molecule has 0 aliphatic carbocycles. The summed E-state index contributed by atoms with van der Waals surface area (Å²) in [5.41, 5.74) is 0.935. The van der Waals surface area contributed by atoms with E-state index < -0.39 is 5.97 Å². The first-order valence-corrected chi connectivity index (χ1v) is 8.04. The second kappa shape index (κ2) is 7.33. The van der Waals surface area contributed by atoms with E-state index in [9.17, 15) is 9.59 Å². The Morgan fingerprint density at radius 3 is 2.52 bits per heavy atom. The van der Waals surface area contributed by atoms with Crippen molar-refractivity contribution in [2.24, 2.45) is 7.05 Å². The van der Waals surface area contributed by atoms with Gasteiger partial charge in [-0.05, 0) is 23.6 Å². The molecule has 0 bridgehead atoms. The van der Waals surface area contributed by atoms with Crippen molar-refractivity contribution >= 4 is 16.7 Å². The smallest absolute Gasteiger partial charge is 0.335 e. The molecule has 0 amide bonds. The monoisotopic (exact) mass is 366 g/mol. The number of hydrogen-bond acceptors (Lipinski definition) is 6. The van der Waals surface area contributed by atoms with Crippen LogP contribution in [0.15, 0.2) is 54.2 Å². The van der Waals surface area contributed by atoms with E-state index in [-0.39, 0.29) is 11.3 Å². The third kappa shape index (κ3) is 3.15. The highest BCUT2D eigenvalue weighted by atomic mass is 16.6. The molecule has 7 nitrogen and oxygen atoms in total. The van der Waals surface area contributed by atoms with Gasteiger partial charge in [0.25, 0.3) is 5.56 Å². The van der Waals surface area contributed by atoms with Gasteiger partial charge >= 0.3 is 5.97 Å². The molecule has 0 aliphatic rings. The number of carbonyl (C=O) groups excluding carboxylic acids is 1. The average Bonchev–Trinajstić information content (AvgIpc) is 2.70. The zero-order chi connectivity index (χ0) is 19.6. The highest BCUT2D eigenvalue weighted by Crippen LogP contribution is 2.46. The first-order chi connectivity index (χ1) is 13.0. The van der Waals surface area contributed by atoms with Crippen molar-refractivity contribution < 1.29 is 19.0 Å². The van der Waals surface area contributed by atoms with Crippen molar-refractivity contribution in [2.45, 2.75) is 0 Å². The Morgan fingerprint density at radius 2 is 1.85 bits per heavy atom. The lowest BCUT2D eigenvalue weighted by Gasteiger charge is -2.18. The van der Waals surface area contributed by atoms with Crippen LogP contribution < -0.4 is 19.8 Å². The molecule has 0 atom stereocenters. The van der Waals surface area contributed by atoms with Gasteiger partial charge in [0.15, 0.2) is 11.5 Å². The normalized spacial score (nSPS) is 10.5. The Morgan fingerprint density at radius 1 is 1.15 bits per heavy atom. The maximum Gasteiger partial charge on any atom is 0.335 e. The second-order valence-electron chi connectivity index (χ2n) is 5.68. The molecule has 3 aromatic rings. The molecule has 0 saturated heterocycles. The number of aryl methyl sites for hydroxylation is 1. The molecule has 3 rings (SSSR count). The van der Waals surface area contributed by atoms with Gasteiger partial charge in [-0.1, -0.05) is 6.58 Å². The van der Waals surface area contributed by atoms with Gasteiger partial charge in [-0.3, -0.25) is 9.78 Å². The number of pyridine rings is 2. The predicted molar refractivity (Wildman–Crippen MR) is 101 cm³/mol. The van der Waals surface area contributed by atoms with Gasteiger partial charge in [-0.25, -0.2) is 4.79 Å². The largest absolute Gasteiger partial charge is 0.496 e. The standard InChI is InChI=1S/C20H18N2O5/c1-5-17(23)27-19-16(26-4)7-6-15(25-3)18(19)14-11-22(2)20(24)13-10-21-9-8-12(13)14/h5-11H,1H2,2-4H3. The van der Waals surface area contributed by atoms with E-state index in [0.29, 0.717) is 33.4 Å². The summed E-state index contributed by atoms with van der Waals surface area (Å²) in [5, 5.41) is 1.08. The maximum atomic E-state index is 12.5. The van der Waals surface area contributed by atoms with Crippen molar-refractivity contribution in [1.82, 2.24) is 9.55 Å². The molecule has 2 aromatic heterocycles. The fraction of sp³-hybridized carbons (Fsp3) is 0.150. The number of esters is 1. The van der Waals surface area contributed by atoms with E-state index in [0.717, 1.165) is 6.08 Å². The van der Waals surface area contributed by atoms with Crippen molar-refractivity contribution in [3.8, 4) is 28.4 Å². The summed E-state index contributed by atoms with van der Waals surface area (Å²) in [7, 11) is 4.62. The highest BCUT2D eigenvalue weighted by Gasteiger charge is 2.23. The van der Waals surface area contributed by atoms with Crippen LogP contribution in [0.2, 0.25) is 0 Å². The Hall–Kier alpha value is -3.61.